The Hall–Kier alpha value is -2.38. The fourth-order valence-corrected chi connectivity index (χ4v) is 3.03. The van der Waals surface area contributed by atoms with Crippen molar-refractivity contribution in [2.75, 3.05) is 13.1 Å². The number of pyridine rings is 1. The molecule has 0 radical (unpaired) electrons. The first-order valence-corrected chi connectivity index (χ1v) is 7.69. The zero-order valence-electron chi connectivity index (χ0n) is 12.5. The Morgan fingerprint density at radius 2 is 1.86 bits per heavy atom. The molecule has 22 heavy (non-hydrogen) atoms. The first-order chi connectivity index (χ1) is 10.8. The van der Waals surface area contributed by atoms with Crippen molar-refractivity contribution in [3.05, 3.63) is 58.4 Å². The molecule has 4 nitrogen and oxygen atoms in total. The normalized spacial score (nSPS) is 15.4. The monoisotopic (exact) mass is 293 g/mol. The number of rotatable bonds is 3. The predicted molar refractivity (Wildman–Crippen MR) is 86.4 cm³/mol. The lowest BCUT2D eigenvalue weighted by atomic mass is 9.97. The van der Waals surface area contributed by atoms with Crippen LogP contribution in [0.2, 0.25) is 0 Å². The quantitative estimate of drug-likeness (QED) is 0.945. The fraction of sp³-hybridized carbons (Fsp3) is 0.333. The summed E-state index contributed by atoms with van der Waals surface area (Å²) in [6.07, 6.45) is 2.13. The predicted octanol–water partition coefficient (Wildman–Crippen LogP) is 2.39. The fourth-order valence-electron chi connectivity index (χ4n) is 3.03. The second-order valence-corrected chi connectivity index (χ2v) is 5.72. The molecule has 0 unspecified atom stereocenters. The molecule has 1 fully saturated rings. The van der Waals surface area contributed by atoms with Crippen molar-refractivity contribution in [2.45, 2.75) is 19.4 Å². The van der Waals surface area contributed by atoms with E-state index in [1.807, 2.05) is 42.5 Å². The Morgan fingerprint density at radius 3 is 2.55 bits per heavy atom. The Morgan fingerprint density at radius 1 is 1.14 bits per heavy atom. The molecule has 112 valence electrons. The lowest BCUT2D eigenvalue weighted by molar-refractivity contribution is 0.331. The van der Waals surface area contributed by atoms with E-state index in [1.165, 1.54) is 0 Å². The molecule has 0 saturated carbocycles. The van der Waals surface area contributed by atoms with Gasteiger partial charge in [-0.1, -0.05) is 30.3 Å². The van der Waals surface area contributed by atoms with Gasteiger partial charge in [0, 0.05) is 6.54 Å². The van der Waals surface area contributed by atoms with E-state index in [1.54, 1.807) is 10.6 Å². The molecule has 0 amide bonds. The van der Waals surface area contributed by atoms with Gasteiger partial charge in [0.2, 0.25) is 0 Å². The van der Waals surface area contributed by atoms with Gasteiger partial charge in [-0.25, -0.2) is 0 Å². The van der Waals surface area contributed by atoms with Crippen LogP contribution in [-0.4, -0.2) is 17.7 Å². The summed E-state index contributed by atoms with van der Waals surface area (Å²) in [7, 11) is 0. The molecule has 2 aromatic rings. The minimum Gasteiger partial charge on any atom is -0.317 e. The van der Waals surface area contributed by atoms with Crippen molar-refractivity contribution in [3.8, 4) is 17.3 Å². The van der Waals surface area contributed by atoms with Crippen molar-refractivity contribution in [1.82, 2.24) is 9.88 Å². The van der Waals surface area contributed by atoms with Gasteiger partial charge in [-0.05, 0) is 49.5 Å². The van der Waals surface area contributed by atoms with Gasteiger partial charge in [-0.15, -0.1) is 0 Å². The minimum atomic E-state index is -0.178. The molecule has 1 aromatic heterocycles. The lowest BCUT2D eigenvalue weighted by Gasteiger charge is -2.25. The van der Waals surface area contributed by atoms with Gasteiger partial charge in [0.25, 0.3) is 5.56 Å². The number of aromatic nitrogens is 1. The second-order valence-electron chi connectivity index (χ2n) is 5.72. The van der Waals surface area contributed by atoms with E-state index in [-0.39, 0.29) is 11.1 Å². The highest BCUT2D eigenvalue weighted by molar-refractivity contribution is 5.60. The van der Waals surface area contributed by atoms with Gasteiger partial charge >= 0.3 is 0 Å². The topological polar surface area (TPSA) is 57.8 Å². The number of piperidine rings is 1. The third-order valence-electron chi connectivity index (χ3n) is 4.26. The highest BCUT2D eigenvalue weighted by atomic mass is 16.1. The maximum absolute atomic E-state index is 12.6. The van der Waals surface area contributed by atoms with E-state index in [0.717, 1.165) is 37.2 Å². The number of hydrogen-bond acceptors (Lipinski definition) is 3. The summed E-state index contributed by atoms with van der Waals surface area (Å²) >= 11 is 0. The summed E-state index contributed by atoms with van der Waals surface area (Å²) in [6, 6.07) is 15.4. The maximum atomic E-state index is 12.6. The summed E-state index contributed by atoms with van der Waals surface area (Å²) in [6.45, 7) is 2.68. The number of nitrogens with zero attached hydrogens (tertiary/aromatic N) is 2. The standard InChI is InChI=1S/C18H19N3O/c19-12-16-6-7-17(15-4-2-1-3-5-15)21(18(16)22)13-14-8-10-20-11-9-14/h1-7,14,20H,8-11,13H2. The van der Waals surface area contributed by atoms with E-state index in [9.17, 15) is 4.79 Å². The molecule has 1 aliphatic heterocycles. The van der Waals surface area contributed by atoms with Crippen LogP contribution in [0.15, 0.2) is 47.3 Å². The highest BCUT2D eigenvalue weighted by Crippen LogP contribution is 2.21. The van der Waals surface area contributed by atoms with Gasteiger partial charge < -0.3 is 9.88 Å². The molecule has 3 rings (SSSR count). The summed E-state index contributed by atoms with van der Waals surface area (Å²) in [5.41, 5.74) is 1.94. The smallest absolute Gasteiger partial charge is 0.268 e. The van der Waals surface area contributed by atoms with Gasteiger partial charge in [-0.3, -0.25) is 4.79 Å². The zero-order chi connectivity index (χ0) is 15.4. The molecule has 4 heteroatoms. The number of nitriles is 1. The Labute approximate surface area is 130 Å². The largest absolute Gasteiger partial charge is 0.317 e. The number of hydrogen-bond donors (Lipinski definition) is 1. The highest BCUT2D eigenvalue weighted by Gasteiger charge is 2.17. The van der Waals surface area contributed by atoms with E-state index >= 15 is 0 Å². The SMILES string of the molecule is N#Cc1ccc(-c2ccccc2)n(CC2CCNCC2)c1=O. The van der Waals surface area contributed by atoms with Crippen LogP contribution in [0.1, 0.15) is 18.4 Å². The molecule has 1 saturated heterocycles. The molecule has 0 aliphatic carbocycles. The van der Waals surface area contributed by atoms with Crippen molar-refractivity contribution < 1.29 is 0 Å². The van der Waals surface area contributed by atoms with E-state index in [0.29, 0.717) is 12.5 Å². The zero-order valence-corrected chi connectivity index (χ0v) is 12.5. The Balaban J connectivity index is 2.04. The number of nitrogens with one attached hydrogen (secondary N) is 1. The molecular formula is C18H19N3O. The molecule has 1 aliphatic rings. The molecule has 1 aromatic carbocycles. The molecule has 1 N–H and O–H groups in total. The molecule has 0 atom stereocenters. The van der Waals surface area contributed by atoms with E-state index < -0.39 is 0 Å². The van der Waals surface area contributed by atoms with Crippen molar-refractivity contribution in [2.24, 2.45) is 5.92 Å². The van der Waals surface area contributed by atoms with Crippen molar-refractivity contribution in [3.63, 3.8) is 0 Å². The van der Waals surface area contributed by atoms with Crippen LogP contribution in [0.25, 0.3) is 11.3 Å². The maximum Gasteiger partial charge on any atom is 0.268 e. The summed E-state index contributed by atoms with van der Waals surface area (Å²) in [5, 5.41) is 12.5. The van der Waals surface area contributed by atoms with Crippen LogP contribution >= 0.6 is 0 Å². The van der Waals surface area contributed by atoms with Crippen LogP contribution in [0, 0.1) is 17.2 Å². The third kappa shape index (κ3) is 2.95. The summed E-state index contributed by atoms with van der Waals surface area (Å²) < 4.78 is 1.78. The second kappa shape index (κ2) is 6.59. The molecule has 0 bridgehead atoms. The van der Waals surface area contributed by atoms with Gasteiger partial charge in [0.1, 0.15) is 11.6 Å². The van der Waals surface area contributed by atoms with Gasteiger partial charge in [-0.2, -0.15) is 5.26 Å². The van der Waals surface area contributed by atoms with E-state index in [2.05, 4.69) is 5.32 Å². The first kappa shape index (κ1) is 14.6. The van der Waals surface area contributed by atoms with Crippen LogP contribution in [0.3, 0.4) is 0 Å². The molecular weight excluding hydrogens is 274 g/mol. The number of benzene rings is 1. The average Bonchev–Trinajstić information content (AvgIpc) is 2.58. The first-order valence-electron chi connectivity index (χ1n) is 7.69. The van der Waals surface area contributed by atoms with Crippen LogP contribution in [-0.2, 0) is 6.54 Å². The van der Waals surface area contributed by atoms with E-state index in [4.69, 9.17) is 5.26 Å². The summed E-state index contributed by atoms with van der Waals surface area (Å²) in [4.78, 5) is 12.6. The average molecular weight is 293 g/mol. The van der Waals surface area contributed by atoms with Crippen molar-refractivity contribution >= 4 is 0 Å². The third-order valence-corrected chi connectivity index (χ3v) is 4.26. The van der Waals surface area contributed by atoms with Gasteiger partial charge in [0.15, 0.2) is 0 Å². The van der Waals surface area contributed by atoms with Crippen LogP contribution in [0.5, 0.6) is 0 Å². The molecule has 0 spiro atoms. The summed E-state index contributed by atoms with van der Waals surface area (Å²) in [5.74, 6) is 0.482. The van der Waals surface area contributed by atoms with Crippen LogP contribution < -0.4 is 10.9 Å². The molecule has 2 heterocycles. The lowest BCUT2D eigenvalue weighted by Crippen LogP contribution is -2.33. The van der Waals surface area contributed by atoms with Crippen molar-refractivity contribution in [1.29, 1.82) is 5.26 Å². The minimum absolute atomic E-state index is 0.178. The van der Waals surface area contributed by atoms with Gasteiger partial charge in [0.05, 0.1) is 5.69 Å². The Bertz CT molecular complexity index is 737. The van der Waals surface area contributed by atoms with Crippen LogP contribution in [0.4, 0.5) is 0 Å². The Kier molecular flexibility index (Phi) is 4.36.